The summed E-state index contributed by atoms with van der Waals surface area (Å²) in [4.78, 5) is 0.145. The molecule has 0 saturated carbocycles. The van der Waals surface area contributed by atoms with Crippen LogP contribution in [0.15, 0.2) is 23.1 Å². The van der Waals surface area contributed by atoms with E-state index in [1.165, 1.54) is 0 Å². The van der Waals surface area contributed by atoms with Gasteiger partial charge in [0, 0.05) is 12.6 Å². The van der Waals surface area contributed by atoms with Gasteiger partial charge in [0.15, 0.2) is 0 Å². The molecule has 120 valence electrons. The normalized spacial score (nSPS) is 13.3. The number of benzene rings is 1. The highest BCUT2D eigenvalue weighted by molar-refractivity contribution is 7.99. The third-order valence-electron chi connectivity index (χ3n) is 2.92. The molecule has 0 saturated heterocycles. The Labute approximate surface area is 137 Å². The highest BCUT2D eigenvalue weighted by atomic mass is 35.5. The van der Waals surface area contributed by atoms with Crippen LogP contribution in [0.5, 0.6) is 0 Å². The minimum atomic E-state index is -3.59. The van der Waals surface area contributed by atoms with Crippen molar-refractivity contribution < 1.29 is 8.42 Å². The van der Waals surface area contributed by atoms with E-state index in [1.54, 1.807) is 23.9 Å². The number of hydrogen-bond acceptors (Lipinski definition) is 4. The Morgan fingerprint density at radius 1 is 1.38 bits per heavy atom. The van der Waals surface area contributed by atoms with Crippen LogP contribution in [0, 0.1) is 0 Å². The smallest absolute Gasteiger partial charge is 0.242 e. The van der Waals surface area contributed by atoms with Crippen LogP contribution in [-0.2, 0) is 16.6 Å². The lowest BCUT2D eigenvalue weighted by Gasteiger charge is -2.15. The second kappa shape index (κ2) is 9.00. The summed E-state index contributed by atoms with van der Waals surface area (Å²) in [6, 6.07) is 4.95. The van der Waals surface area contributed by atoms with Crippen molar-refractivity contribution >= 4 is 33.4 Å². The number of thioether (sulfide) groups is 1. The molecule has 0 aliphatic heterocycles. The lowest BCUT2D eigenvalue weighted by molar-refractivity contribution is 0.557. The standard InChI is InChI=1S/C14H23ClN2O2S2/c1-4-20-8-7-11(2)17-21(18,19)14-9-12(10-16-3)5-6-13(14)15/h5-6,9,11,16-17H,4,7-8,10H2,1-3H3. The first kappa shape index (κ1) is 18.8. The van der Waals surface area contributed by atoms with Crippen LogP contribution < -0.4 is 10.0 Å². The summed E-state index contributed by atoms with van der Waals surface area (Å²) in [6.45, 7) is 4.56. The van der Waals surface area contributed by atoms with Crippen molar-refractivity contribution in [1.29, 1.82) is 0 Å². The second-order valence-electron chi connectivity index (χ2n) is 4.80. The van der Waals surface area contributed by atoms with Crippen molar-refractivity contribution in [3.63, 3.8) is 0 Å². The van der Waals surface area contributed by atoms with Crippen LogP contribution in [0.3, 0.4) is 0 Å². The van der Waals surface area contributed by atoms with Crippen LogP contribution in [0.1, 0.15) is 25.8 Å². The maximum absolute atomic E-state index is 12.4. The van der Waals surface area contributed by atoms with Gasteiger partial charge >= 0.3 is 0 Å². The Bertz CT molecular complexity index is 550. The van der Waals surface area contributed by atoms with Gasteiger partial charge in [0.1, 0.15) is 4.90 Å². The molecule has 1 unspecified atom stereocenters. The van der Waals surface area contributed by atoms with Crippen molar-refractivity contribution in [2.45, 2.75) is 37.8 Å². The molecule has 2 N–H and O–H groups in total. The highest BCUT2D eigenvalue weighted by Crippen LogP contribution is 2.23. The molecule has 0 fully saturated rings. The number of sulfonamides is 1. The Morgan fingerprint density at radius 3 is 2.71 bits per heavy atom. The van der Waals surface area contributed by atoms with Gasteiger partial charge < -0.3 is 5.32 Å². The Hall–Kier alpha value is -0.270. The molecule has 0 aliphatic carbocycles. The van der Waals surface area contributed by atoms with E-state index in [9.17, 15) is 8.42 Å². The van der Waals surface area contributed by atoms with Gasteiger partial charge in [0.25, 0.3) is 0 Å². The van der Waals surface area contributed by atoms with Crippen LogP contribution in [-0.4, -0.2) is 33.0 Å². The molecule has 0 aliphatic rings. The molecule has 1 aromatic carbocycles. The van der Waals surface area contributed by atoms with Crippen molar-refractivity contribution in [2.24, 2.45) is 0 Å². The second-order valence-corrected chi connectivity index (χ2v) is 8.29. The fraction of sp³-hybridized carbons (Fsp3) is 0.571. The van der Waals surface area contributed by atoms with Gasteiger partial charge in [-0.05, 0) is 49.6 Å². The molecular formula is C14H23ClN2O2S2. The predicted molar refractivity (Wildman–Crippen MR) is 91.6 cm³/mol. The van der Waals surface area contributed by atoms with Gasteiger partial charge in [-0.1, -0.05) is 24.6 Å². The molecule has 0 amide bonds. The van der Waals surface area contributed by atoms with Crippen LogP contribution in [0.2, 0.25) is 5.02 Å². The molecule has 21 heavy (non-hydrogen) atoms. The summed E-state index contributed by atoms with van der Waals surface area (Å²) in [6.07, 6.45) is 0.797. The molecule has 1 rings (SSSR count). The first-order chi connectivity index (χ1) is 9.90. The molecule has 0 heterocycles. The third kappa shape index (κ3) is 6.16. The zero-order valence-electron chi connectivity index (χ0n) is 12.6. The molecule has 0 bridgehead atoms. The predicted octanol–water partition coefficient (Wildman–Crippen LogP) is 2.87. The Balaban J connectivity index is 2.84. The van der Waals surface area contributed by atoms with E-state index >= 15 is 0 Å². The number of hydrogen-bond donors (Lipinski definition) is 2. The summed E-state index contributed by atoms with van der Waals surface area (Å²) in [5.41, 5.74) is 0.886. The van der Waals surface area contributed by atoms with Crippen molar-refractivity contribution in [3.8, 4) is 0 Å². The Kier molecular flexibility index (Phi) is 8.05. The monoisotopic (exact) mass is 350 g/mol. The van der Waals surface area contributed by atoms with E-state index in [0.717, 1.165) is 23.5 Å². The zero-order chi connectivity index (χ0) is 15.9. The summed E-state index contributed by atoms with van der Waals surface area (Å²) in [5, 5.41) is 3.24. The van der Waals surface area contributed by atoms with Gasteiger partial charge in [-0.3, -0.25) is 0 Å². The average molecular weight is 351 g/mol. The maximum atomic E-state index is 12.4. The highest BCUT2D eigenvalue weighted by Gasteiger charge is 2.20. The summed E-state index contributed by atoms with van der Waals surface area (Å²) in [5.74, 6) is 1.98. The van der Waals surface area contributed by atoms with Gasteiger partial charge in [0.05, 0.1) is 5.02 Å². The van der Waals surface area contributed by atoms with Gasteiger partial charge in [-0.15, -0.1) is 0 Å². The van der Waals surface area contributed by atoms with E-state index in [4.69, 9.17) is 11.6 Å². The molecule has 7 heteroatoms. The number of rotatable bonds is 9. The SMILES string of the molecule is CCSCCC(C)NS(=O)(=O)c1cc(CNC)ccc1Cl. The molecule has 0 radical (unpaired) electrons. The minimum Gasteiger partial charge on any atom is -0.316 e. The first-order valence-corrected chi connectivity index (χ1v) is 9.95. The molecular weight excluding hydrogens is 328 g/mol. The van der Waals surface area contributed by atoms with Crippen molar-refractivity contribution in [3.05, 3.63) is 28.8 Å². The van der Waals surface area contributed by atoms with Crippen LogP contribution in [0.4, 0.5) is 0 Å². The summed E-state index contributed by atoms with van der Waals surface area (Å²) in [7, 11) is -1.77. The topological polar surface area (TPSA) is 58.2 Å². The summed E-state index contributed by atoms with van der Waals surface area (Å²) < 4.78 is 27.6. The summed E-state index contributed by atoms with van der Waals surface area (Å²) >= 11 is 7.85. The molecule has 1 atom stereocenters. The fourth-order valence-electron chi connectivity index (χ4n) is 1.86. The van der Waals surface area contributed by atoms with Gasteiger partial charge in [-0.25, -0.2) is 13.1 Å². The zero-order valence-corrected chi connectivity index (χ0v) is 15.0. The van der Waals surface area contributed by atoms with Crippen molar-refractivity contribution in [2.75, 3.05) is 18.6 Å². The first-order valence-electron chi connectivity index (χ1n) is 6.93. The van der Waals surface area contributed by atoms with E-state index in [0.29, 0.717) is 6.54 Å². The lowest BCUT2D eigenvalue weighted by Crippen LogP contribution is -2.33. The number of nitrogens with one attached hydrogen (secondary N) is 2. The molecule has 0 aromatic heterocycles. The molecule has 0 spiro atoms. The fourth-order valence-corrected chi connectivity index (χ4v) is 4.50. The van der Waals surface area contributed by atoms with Crippen LogP contribution >= 0.6 is 23.4 Å². The van der Waals surface area contributed by atoms with Gasteiger partial charge in [-0.2, -0.15) is 11.8 Å². The van der Waals surface area contributed by atoms with Gasteiger partial charge in [0.2, 0.25) is 10.0 Å². The van der Waals surface area contributed by atoms with Crippen molar-refractivity contribution in [1.82, 2.24) is 10.0 Å². The van der Waals surface area contributed by atoms with E-state index in [-0.39, 0.29) is 16.0 Å². The lowest BCUT2D eigenvalue weighted by atomic mass is 10.2. The number of halogens is 1. The quantitative estimate of drug-likeness (QED) is 0.672. The van der Waals surface area contributed by atoms with E-state index in [2.05, 4.69) is 17.0 Å². The van der Waals surface area contributed by atoms with E-state index < -0.39 is 10.0 Å². The average Bonchev–Trinajstić information content (AvgIpc) is 2.41. The van der Waals surface area contributed by atoms with E-state index in [1.807, 2.05) is 20.0 Å². The Morgan fingerprint density at radius 2 is 2.10 bits per heavy atom. The molecule has 4 nitrogen and oxygen atoms in total. The third-order valence-corrected chi connectivity index (χ3v) is 5.93. The molecule has 1 aromatic rings. The minimum absolute atomic E-state index is 0.113. The maximum Gasteiger partial charge on any atom is 0.242 e. The largest absolute Gasteiger partial charge is 0.316 e. The van der Waals surface area contributed by atoms with Crippen LogP contribution in [0.25, 0.3) is 0 Å².